The fourth-order valence-corrected chi connectivity index (χ4v) is 1.64. The van der Waals surface area contributed by atoms with Crippen LogP contribution in [0, 0.1) is 5.82 Å². The van der Waals surface area contributed by atoms with Gasteiger partial charge >= 0.3 is 0 Å². The molecule has 0 aliphatic carbocycles. The predicted molar refractivity (Wildman–Crippen MR) is 58.9 cm³/mol. The first-order valence-electron chi connectivity index (χ1n) is 4.73. The molecule has 0 heterocycles. The monoisotopic (exact) mass is 209 g/mol. The van der Waals surface area contributed by atoms with Crippen molar-refractivity contribution < 1.29 is 9.13 Å². The third-order valence-corrected chi connectivity index (χ3v) is 2.51. The van der Waals surface area contributed by atoms with E-state index in [1.807, 2.05) is 0 Å². The van der Waals surface area contributed by atoms with E-state index >= 15 is 0 Å². The van der Waals surface area contributed by atoms with Crippen molar-refractivity contribution in [2.45, 2.75) is 18.6 Å². The van der Waals surface area contributed by atoms with Crippen molar-refractivity contribution in [3.8, 4) is 0 Å². The van der Waals surface area contributed by atoms with Gasteiger partial charge in [0.05, 0.1) is 11.6 Å². The lowest BCUT2D eigenvalue weighted by molar-refractivity contribution is 0.0764. The lowest BCUT2D eigenvalue weighted by atomic mass is 9.87. The average molecular weight is 209 g/mol. The molecule has 15 heavy (non-hydrogen) atoms. The third kappa shape index (κ3) is 2.25. The highest BCUT2D eigenvalue weighted by Gasteiger charge is 2.32. The summed E-state index contributed by atoms with van der Waals surface area (Å²) in [7, 11) is 1.53. The van der Waals surface area contributed by atoms with Gasteiger partial charge in [0.15, 0.2) is 0 Å². The van der Waals surface area contributed by atoms with E-state index in [4.69, 9.17) is 10.5 Å². The maximum Gasteiger partial charge on any atom is 0.128 e. The second kappa shape index (κ2) is 4.55. The summed E-state index contributed by atoms with van der Waals surface area (Å²) in [5.41, 5.74) is 5.58. The largest absolute Gasteiger partial charge is 0.375 e. The van der Waals surface area contributed by atoms with E-state index in [2.05, 4.69) is 6.58 Å². The molecule has 2 atom stereocenters. The number of benzene rings is 1. The average Bonchev–Trinajstić information content (AvgIpc) is 2.19. The topological polar surface area (TPSA) is 35.2 Å². The van der Waals surface area contributed by atoms with Crippen molar-refractivity contribution >= 4 is 0 Å². The molecule has 82 valence electrons. The van der Waals surface area contributed by atoms with Crippen LogP contribution in [0.5, 0.6) is 0 Å². The highest BCUT2D eigenvalue weighted by atomic mass is 19.1. The lowest BCUT2D eigenvalue weighted by Crippen LogP contribution is -2.45. The Kier molecular flexibility index (Phi) is 3.61. The molecule has 3 heteroatoms. The van der Waals surface area contributed by atoms with E-state index < -0.39 is 11.6 Å². The van der Waals surface area contributed by atoms with Crippen LogP contribution in [0.3, 0.4) is 0 Å². The van der Waals surface area contributed by atoms with Crippen LogP contribution in [0.4, 0.5) is 4.39 Å². The second-order valence-electron chi connectivity index (χ2n) is 3.65. The molecule has 0 aliphatic heterocycles. The molecule has 0 fully saturated rings. The smallest absolute Gasteiger partial charge is 0.128 e. The maximum absolute atomic E-state index is 13.5. The molecular weight excluding hydrogens is 193 g/mol. The normalized spacial score (nSPS) is 16.8. The van der Waals surface area contributed by atoms with Crippen molar-refractivity contribution in [1.29, 1.82) is 0 Å². The molecule has 1 aromatic rings. The molecule has 0 amide bonds. The summed E-state index contributed by atoms with van der Waals surface area (Å²) in [6, 6.07) is 6.42. The molecule has 0 saturated carbocycles. The van der Waals surface area contributed by atoms with Crippen LogP contribution in [-0.2, 0) is 10.3 Å². The zero-order valence-corrected chi connectivity index (χ0v) is 9.03. The lowest BCUT2D eigenvalue weighted by Gasteiger charge is -2.31. The van der Waals surface area contributed by atoms with Crippen molar-refractivity contribution in [2.75, 3.05) is 7.11 Å². The van der Waals surface area contributed by atoms with Gasteiger partial charge in [0.2, 0.25) is 0 Å². The van der Waals surface area contributed by atoms with Gasteiger partial charge in [-0.25, -0.2) is 4.39 Å². The Bertz CT molecular complexity index is 349. The summed E-state index contributed by atoms with van der Waals surface area (Å²) in [5.74, 6) is -0.327. The van der Waals surface area contributed by atoms with E-state index in [0.717, 1.165) is 0 Å². The molecule has 0 unspecified atom stereocenters. The van der Waals surface area contributed by atoms with Crippen LogP contribution in [0.2, 0.25) is 0 Å². The van der Waals surface area contributed by atoms with E-state index in [1.165, 1.54) is 13.2 Å². The molecule has 0 aliphatic rings. The quantitative estimate of drug-likeness (QED) is 0.771. The number of methoxy groups -OCH3 is 1. The van der Waals surface area contributed by atoms with Crippen molar-refractivity contribution in [3.63, 3.8) is 0 Å². The third-order valence-electron chi connectivity index (χ3n) is 2.51. The van der Waals surface area contributed by atoms with Gasteiger partial charge in [0, 0.05) is 12.7 Å². The van der Waals surface area contributed by atoms with Crippen molar-refractivity contribution in [2.24, 2.45) is 5.73 Å². The number of rotatable bonds is 4. The van der Waals surface area contributed by atoms with E-state index in [0.29, 0.717) is 5.56 Å². The van der Waals surface area contributed by atoms with Crippen LogP contribution < -0.4 is 5.73 Å². The Balaban J connectivity index is 3.15. The Morgan fingerprint density at radius 1 is 1.53 bits per heavy atom. The number of nitrogens with two attached hydrogens (primary N) is 1. The molecule has 0 bridgehead atoms. The fraction of sp³-hybridized carbons (Fsp3) is 0.333. The molecule has 0 radical (unpaired) electrons. The minimum atomic E-state index is -0.915. The molecular formula is C12H16FNO. The van der Waals surface area contributed by atoms with Crippen molar-refractivity contribution in [1.82, 2.24) is 0 Å². The first-order valence-corrected chi connectivity index (χ1v) is 4.73. The summed E-state index contributed by atoms with van der Waals surface area (Å²) in [5, 5.41) is 0. The molecule has 2 N–H and O–H groups in total. The van der Waals surface area contributed by atoms with Gasteiger partial charge in [-0.15, -0.1) is 6.58 Å². The summed E-state index contributed by atoms with van der Waals surface area (Å²) < 4.78 is 18.7. The van der Waals surface area contributed by atoms with Crippen LogP contribution in [0.1, 0.15) is 12.5 Å². The Hall–Kier alpha value is -1.19. The minimum Gasteiger partial charge on any atom is -0.375 e. The van der Waals surface area contributed by atoms with Crippen LogP contribution in [-0.4, -0.2) is 13.2 Å². The SMILES string of the molecule is C=C[C@H](OC)[C@](C)(N)c1ccccc1F. The standard InChI is InChI=1S/C12H16FNO/c1-4-11(15-3)12(2,14)9-7-5-6-8-10(9)13/h4-8,11H,1,14H2,2-3H3/t11-,12+/m0/s1. The van der Waals surface area contributed by atoms with Gasteiger partial charge < -0.3 is 10.5 Å². The summed E-state index contributed by atoms with van der Waals surface area (Å²) >= 11 is 0. The molecule has 1 rings (SSSR count). The number of halogens is 1. The minimum absolute atomic E-state index is 0.327. The predicted octanol–water partition coefficient (Wildman–Crippen LogP) is 2.20. The van der Waals surface area contributed by atoms with Crippen molar-refractivity contribution in [3.05, 3.63) is 48.3 Å². The Morgan fingerprint density at radius 2 is 2.13 bits per heavy atom. The molecule has 0 saturated heterocycles. The Morgan fingerprint density at radius 3 is 2.60 bits per heavy atom. The van der Waals surface area contributed by atoms with E-state index in [-0.39, 0.29) is 5.82 Å². The molecule has 2 nitrogen and oxygen atoms in total. The molecule has 0 spiro atoms. The first kappa shape index (κ1) is 11.9. The van der Waals surface area contributed by atoms with Gasteiger partial charge in [-0.05, 0) is 13.0 Å². The zero-order chi connectivity index (χ0) is 11.5. The van der Waals surface area contributed by atoms with Crippen LogP contribution in [0.15, 0.2) is 36.9 Å². The van der Waals surface area contributed by atoms with Gasteiger partial charge in [-0.3, -0.25) is 0 Å². The summed E-state index contributed by atoms with van der Waals surface area (Å²) in [6.45, 7) is 5.35. The number of hydrogen-bond donors (Lipinski definition) is 1. The number of hydrogen-bond acceptors (Lipinski definition) is 2. The second-order valence-corrected chi connectivity index (χ2v) is 3.65. The first-order chi connectivity index (χ1) is 7.04. The van der Waals surface area contributed by atoms with Gasteiger partial charge in [0.1, 0.15) is 5.82 Å². The highest BCUT2D eigenvalue weighted by molar-refractivity contribution is 5.28. The maximum atomic E-state index is 13.5. The van der Waals surface area contributed by atoms with Gasteiger partial charge in [-0.2, -0.15) is 0 Å². The zero-order valence-electron chi connectivity index (χ0n) is 9.03. The summed E-state index contributed by atoms with van der Waals surface area (Å²) in [4.78, 5) is 0. The fourth-order valence-electron chi connectivity index (χ4n) is 1.64. The van der Waals surface area contributed by atoms with Crippen LogP contribution in [0.25, 0.3) is 0 Å². The van der Waals surface area contributed by atoms with Gasteiger partial charge in [-0.1, -0.05) is 24.3 Å². The Labute approximate surface area is 89.6 Å². The molecule has 0 aromatic heterocycles. The van der Waals surface area contributed by atoms with E-state index in [1.54, 1.807) is 31.2 Å². The van der Waals surface area contributed by atoms with Crippen LogP contribution >= 0.6 is 0 Å². The highest BCUT2D eigenvalue weighted by Crippen LogP contribution is 2.26. The van der Waals surface area contributed by atoms with Gasteiger partial charge in [0.25, 0.3) is 0 Å². The number of ether oxygens (including phenoxy) is 1. The summed E-state index contributed by atoms with van der Waals surface area (Å²) in [6.07, 6.45) is 1.15. The van der Waals surface area contributed by atoms with E-state index in [9.17, 15) is 4.39 Å². The molecule has 1 aromatic carbocycles.